The molecule has 26 heavy (non-hydrogen) atoms. The van der Waals surface area contributed by atoms with Crippen LogP contribution < -0.4 is 0 Å². The SMILES string of the molecule is Cc1cccc(C(=O)N2N=C(C(F)(F)F)C[C@]2(O)c2ccc(Br)cc2)c1. The Morgan fingerprint density at radius 1 is 1.23 bits per heavy atom. The molecule has 0 saturated carbocycles. The molecule has 1 heterocycles. The lowest BCUT2D eigenvalue weighted by atomic mass is 9.96. The second-order valence-corrected chi connectivity index (χ2v) is 6.95. The molecule has 2 aromatic carbocycles. The van der Waals surface area contributed by atoms with Crippen LogP contribution in [0.2, 0.25) is 0 Å². The molecule has 1 amide bonds. The van der Waals surface area contributed by atoms with Gasteiger partial charge >= 0.3 is 6.18 Å². The number of hydrazone groups is 1. The third kappa shape index (κ3) is 3.39. The van der Waals surface area contributed by atoms with E-state index in [4.69, 9.17) is 0 Å². The molecular formula is C18H14BrF3N2O2. The third-order valence-corrected chi connectivity index (χ3v) is 4.60. The second kappa shape index (κ2) is 6.51. The van der Waals surface area contributed by atoms with E-state index < -0.39 is 29.9 Å². The topological polar surface area (TPSA) is 52.9 Å². The van der Waals surface area contributed by atoms with E-state index in [0.29, 0.717) is 9.48 Å². The number of aliphatic hydroxyl groups is 1. The molecule has 0 fully saturated rings. The maximum Gasteiger partial charge on any atom is 0.431 e. The van der Waals surface area contributed by atoms with Crippen LogP contribution in [0.3, 0.4) is 0 Å². The van der Waals surface area contributed by atoms with Crippen molar-refractivity contribution < 1.29 is 23.1 Å². The van der Waals surface area contributed by atoms with Gasteiger partial charge in [0.05, 0.1) is 6.42 Å². The summed E-state index contributed by atoms with van der Waals surface area (Å²) in [6.45, 7) is 1.76. The lowest BCUT2D eigenvalue weighted by Crippen LogP contribution is -2.43. The van der Waals surface area contributed by atoms with Gasteiger partial charge in [0.25, 0.3) is 5.91 Å². The number of halogens is 4. The quantitative estimate of drug-likeness (QED) is 0.774. The van der Waals surface area contributed by atoms with Gasteiger partial charge in [0.15, 0.2) is 5.72 Å². The Hall–Kier alpha value is -2.19. The van der Waals surface area contributed by atoms with E-state index in [1.54, 1.807) is 31.2 Å². The van der Waals surface area contributed by atoms with E-state index in [2.05, 4.69) is 21.0 Å². The number of carbonyl (C=O) groups is 1. The minimum Gasteiger partial charge on any atom is -0.365 e. The lowest BCUT2D eigenvalue weighted by molar-refractivity contribution is -0.0816. The molecule has 0 radical (unpaired) electrons. The van der Waals surface area contributed by atoms with Crippen molar-refractivity contribution in [2.75, 3.05) is 0 Å². The number of nitrogens with zero attached hydrogens (tertiary/aromatic N) is 2. The molecule has 1 N–H and O–H groups in total. The normalized spacial score (nSPS) is 20.2. The van der Waals surface area contributed by atoms with Crippen LogP contribution in [-0.4, -0.2) is 27.9 Å². The molecular weight excluding hydrogens is 413 g/mol. The summed E-state index contributed by atoms with van der Waals surface area (Å²) in [5.74, 6) is -0.807. The van der Waals surface area contributed by atoms with Crippen molar-refractivity contribution in [1.29, 1.82) is 0 Å². The van der Waals surface area contributed by atoms with E-state index in [-0.39, 0.29) is 11.1 Å². The molecule has 0 bridgehead atoms. The van der Waals surface area contributed by atoms with Gasteiger partial charge in [-0.05, 0) is 31.2 Å². The Balaban J connectivity index is 2.08. The Kier molecular flexibility index (Phi) is 4.66. The predicted octanol–water partition coefficient (Wildman–Crippen LogP) is 4.37. The van der Waals surface area contributed by atoms with E-state index in [0.717, 1.165) is 5.56 Å². The zero-order valence-corrected chi connectivity index (χ0v) is 15.2. The fraction of sp³-hybridized carbons (Fsp3) is 0.222. The van der Waals surface area contributed by atoms with Crippen molar-refractivity contribution >= 4 is 27.5 Å². The summed E-state index contributed by atoms with van der Waals surface area (Å²) in [6.07, 6.45) is -5.58. The summed E-state index contributed by atoms with van der Waals surface area (Å²) in [4.78, 5) is 12.8. The van der Waals surface area contributed by atoms with E-state index in [1.165, 1.54) is 24.3 Å². The van der Waals surface area contributed by atoms with Gasteiger partial charge in [-0.15, -0.1) is 0 Å². The average Bonchev–Trinajstić information content (AvgIpc) is 2.94. The smallest absolute Gasteiger partial charge is 0.365 e. The molecule has 4 nitrogen and oxygen atoms in total. The number of amides is 1. The van der Waals surface area contributed by atoms with E-state index in [1.807, 2.05) is 0 Å². The number of hydrogen-bond donors (Lipinski definition) is 1. The minimum atomic E-state index is -4.75. The number of carbonyl (C=O) groups excluding carboxylic acids is 1. The standard InChI is InChI=1S/C18H14BrF3N2O2/c1-11-3-2-4-12(9-11)16(25)24-17(26,10-15(23-24)18(20,21)22)13-5-7-14(19)8-6-13/h2-9,26H,10H2,1H3/t17-/m0/s1. The first-order valence-electron chi connectivity index (χ1n) is 7.65. The molecule has 0 unspecified atom stereocenters. The summed E-state index contributed by atoms with van der Waals surface area (Å²) in [6, 6.07) is 12.4. The van der Waals surface area contributed by atoms with Crippen molar-refractivity contribution in [1.82, 2.24) is 5.01 Å². The van der Waals surface area contributed by atoms with Crippen molar-refractivity contribution in [2.45, 2.75) is 25.2 Å². The molecule has 8 heteroatoms. The number of benzene rings is 2. The summed E-state index contributed by atoms with van der Waals surface area (Å²) in [5, 5.41) is 15.0. The van der Waals surface area contributed by atoms with Gasteiger partial charge in [-0.2, -0.15) is 23.3 Å². The zero-order chi connectivity index (χ0) is 19.1. The summed E-state index contributed by atoms with van der Waals surface area (Å²) < 4.78 is 40.3. The summed E-state index contributed by atoms with van der Waals surface area (Å²) >= 11 is 3.23. The predicted molar refractivity (Wildman–Crippen MR) is 93.5 cm³/mol. The van der Waals surface area contributed by atoms with Crippen molar-refractivity contribution in [3.63, 3.8) is 0 Å². The van der Waals surface area contributed by atoms with Gasteiger partial charge in [-0.25, -0.2) is 0 Å². The second-order valence-electron chi connectivity index (χ2n) is 6.03. The van der Waals surface area contributed by atoms with Gasteiger partial charge in [-0.1, -0.05) is 45.8 Å². The minimum absolute atomic E-state index is 0.143. The highest BCUT2D eigenvalue weighted by Gasteiger charge is 2.53. The van der Waals surface area contributed by atoms with Crippen LogP contribution in [0.5, 0.6) is 0 Å². The van der Waals surface area contributed by atoms with Gasteiger partial charge in [0.2, 0.25) is 0 Å². The van der Waals surface area contributed by atoms with Gasteiger partial charge < -0.3 is 5.11 Å². The third-order valence-electron chi connectivity index (χ3n) is 4.08. The van der Waals surface area contributed by atoms with Crippen LogP contribution in [0.4, 0.5) is 13.2 Å². The fourth-order valence-corrected chi connectivity index (χ4v) is 3.02. The number of rotatable bonds is 2. The Labute approximate surface area is 156 Å². The molecule has 1 aliphatic rings. The summed E-state index contributed by atoms with van der Waals surface area (Å²) in [5.41, 5.74) is -2.37. The monoisotopic (exact) mass is 426 g/mol. The molecule has 0 aliphatic carbocycles. The largest absolute Gasteiger partial charge is 0.431 e. The molecule has 1 atom stereocenters. The highest BCUT2D eigenvalue weighted by molar-refractivity contribution is 9.10. The van der Waals surface area contributed by atoms with Crippen LogP contribution >= 0.6 is 15.9 Å². The van der Waals surface area contributed by atoms with Crippen LogP contribution in [0, 0.1) is 6.92 Å². The first kappa shape index (κ1) is 18.6. The van der Waals surface area contributed by atoms with Gasteiger partial charge in [0.1, 0.15) is 5.71 Å². The van der Waals surface area contributed by atoms with Crippen LogP contribution in [0.15, 0.2) is 58.1 Å². The van der Waals surface area contributed by atoms with Crippen LogP contribution in [0.1, 0.15) is 27.9 Å². The maximum atomic E-state index is 13.2. The maximum absolute atomic E-state index is 13.2. The lowest BCUT2D eigenvalue weighted by Gasteiger charge is -2.31. The highest BCUT2D eigenvalue weighted by Crippen LogP contribution is 2.40. The van der Waals surface area contributed by atoms with E-state index in [9.17, 15) is 23.1 Å². The highest BCUT2D eigenvalue weighted by atomic mass is 79.9. The van der Waals surface area contributed by atoms with Crippen LogP contribution in [0.25, 0.3) is 0 Å². The van der Waals surface area contributed by atoms with Crippen molar-refractivity contribution in [3.05, 3.63) is 69.7 Å². The number of aryl methyl sites for hydroxylation is 1. The van der Waals surface area contributed by atoms with Gasteiger partial charge in [-0.3, -0.25) is 4.79 Å². The Morgan fingerprint density at radius 3 is 2.46 bits per heavy atom. The molecule has 2 aromatic rings. The fourth-order valence-electron chi connectivity index (χ4n) is 2.76. The molecule has 0 saturated heterocycles. The Bertz CT molecular complexity index is 881. The van der Waals surface area contributed by atoms with Crippen molar-refractivity contribution in [2.24, 2.45) is 5.10 Å². The molecule has 0 aromatic heterocycles. The molecule has 1 aliphatic heterocycles. The average molecular weight is 427 g/mol. The first-order chi connectivity index (χ1) is 12.1. The molecule has 3 rings (SSSR count). The van der Waals surface area contributed by atoms with Crippen LogP contribution in [-0.2, 0) is 5.72 Å². The van der Waals surface area contributed by atoms with Gasteiger partial charge in [0, 0.05) is 15.6 Å². The molecule has 0 spiro atoms. The Morgan fingerprint density at radius 2 is 1.88 bits per heavy atom. The van der Waals surface area contributed by atoms with Crippen molar-refractivity contribution in [3.8, 4) is 0 Å². The molecule has 136 valence electrons. The van der Waals surface area contributed by atoms with E-state index >= 15 is 0 Å². The number of hydrogen-bond acceptors (Lipinski definition) is 3. The summed E-state index contributed by atoms with van der Waals surface area (Å²) in [7, 11) is 0. The number of alkyl halides is 3. The first-order valence-corrected chi connectivity index (χ1v) is 8.45. The zero-order valence-electron chi connectivity index (χ0n) is 13.6.